The molecule has 2 aromatic rings. The maximum absolute atomic E-state index is 12.4. The summed E-state index contributed by atoms with van der Waals surface area (Å²) in [6.07, 6.45) is 4.11. The second kappa shape index (κ2) is 8.83. The fourth-order valence-electron chi connectivity index (χ4n) is 3.70. The number of nitriles is 1. The third-order valence-corrected chi connectivity index (χ3v) is 7.67. The van der Waals surface area contributed by atoms with E-state index in [2.05, 4.69) is 37.5 Å². The number of amides is 1. The second-order valence-electron chi connectivity index (χ2n) is 7.99. The van der Waals surface area contributed by atoms with E-state index in [1.165, 1.54) is 4.88 Å². The predicted octanol–water partition coefficient (Wildman–Crippen LogP) is 5.94. The van der Waals surface area contributed by atoms with E-state index in [1.807, 2.05) is 0 Å². The number of anilines is 1. The van der Waals surface area contributed by atoms with Crippen molar-refractivity contribution in [2.45, 2.75) is 46.5 Å². The number of hydrogen-bond acceptors (Lipinski definition) is 4. The van der Waals surface area contributed by atoms with Gasteiger partial charge in [0, 0.05) is 4.88 Å². The SMILES string of the molecule is CCC(C)(C)[C@H]1CCc2c(sc(NC(=S)NC(=O)c3ccccc3Cl)c2C#N)C1. The molecule has 0 saturated heterocycles. The smallest absolute Gasteiger partial charge is 0.258 e. The van der Waals surface area contributed by atoms with Gasteiger partial charge in [-0.05, 0) is 60.5 Å². The van der Waals surface area contributed by atoms with Crippen LogP contribution in [0.2, 0.25) is 5.02 Å². The van der Waals surface area contributed by atoms with E-state index in [0.717, 1.165) is 31.2 Å². The number of fused-ring (bicyclic) bond motifs is 1. The Morgan fingerprint density at radius 3 is 2.79 bits per heavy atom. The van der Waals surface area contributed by atoms with Crippen LogP contribution in [0.4, 0.5) is 5.00 Å². The quantitative estimate of drug-likeness (QED) is 0.571. The van der Waals surface area contributed by atoms with Crippen LogP contribution < -0.4 is 10.6 Å². The topological polar surface area (TPSA) is 64.9 Å². The molecule has 1 heterocycles. The van der Waals surface area contributed by atoms with E-state index in [1.54, 1.807) is 35.6 Å². The highest BCUT2D eigenvalue weighted by Crippen LogP contribution is 2.45. The lowest BCUT2D eigenvalue weighted by molar-refractivity contribution is 0.0978. The van der Waals surface area contributed by atoms with Gasteiger partial charge in [0.15, 0.2) is 5.11 Å². The minimum atomic E-state index is -0.377. The first-order valence-corrected chi connectivity index (χ1v) is 11.3. The molecular formula is C22H24ClN3OS2. The zero-order valence-corrected chi connectivity index (χ0v) is 19.2. The average molecular weight is 446 g/mol. The predicted molar refractivity (Wildman–Crippen MR) is 124 cm³/mol. The number of carbonyl (C=O) groups excluding carboxylic acids is 1. The van der Waals surface area contributed by atoms with Gasteiger partial charge in [0.25, 0.3) is 5.91 Å². The van der Waals surface area contributed by atoms with Crippen LogP contribution in [0.3, 0.4) is 0 Å². The van der Waals surface area contributed by atoms with E-state index in [9.17, 15) is 10.1 Å². The molecule has 1 aliphatic carbocycles. The van der Waals surface area contributed by atoms with Crippen molar-refractivity contribution in [2.75, 3.05) is 5.32 Å². The van der Waals surface area contributed by atoms with Gasteiger partial charge >= 0.3 is 0 Å². The van der Waals surface area contributed by atoms with Gasteiger partial charge in [0.05, 0.1) is 16.1 Å². The van der Waals surface area contributed by atoms with Gasteiger partial charge in [-0.2, -0.15) is 5.26 Å². The highest BCUT2D eigenvalue weighted by atomic mass is 35.5. The maximum atomic E-state index is 12.4. The minimum Gasteiger partial charge on any atom is -0.323 e. The van der Waals surface area contributed by atoms with E-state index in [0.29, 0.717) is 27.1 Å². The van der Waals surface area contributed by atoms with Crippen LogP contribution in [-0.4, -0.2) is 11.0 Å². The fourth-order valence-corrected chi connectivity index (χ4v) is 5.46. The zero-order valence-electron chi connectivity index (χ0n) is 16.8. The zero-order chi connectivity index (χ0) is 21.2. The van der Waals surface area contributed by atoms with Gasteiger partial charge in [-0.15, -0.1) is 11.3 Å². The number of thiocarbonyl (C=S) groups is 1. The number of thiophene rings is 1. The van der Waals surface area contributed by atoms with Crippen LogP contribution >= 0.6 is 35.2 Å². The molecule has 3 rings (SSSR count). The van der Waals surface area contributed by atoms with Crippen LogP contribution in [0.5, 0.6) is 0 Å². The number of nitrogens with zero attached hydrogens (tertiary/aromatic N) is 1. The molecule has 0 bridgehead atoms. The summed E-state index contributed by atoms with van der Waals surface area (Å²) in [5, 5.41) is 16.7. The van der Waals surface area contributed by atoms with Gasteiger partial charge in [-0.3, -0.25) is 10.1 Å². The van der Waals surface area contributed by atoms with Crippen molar-refractivity contribution in [1.82, 2.24) is 5.32 Å². The molecule has 0 unspecified atom stereocenters. The molecule has 4 nitrogen and oxygen atoms in total. The Morgan fingerprint density at radius 1 is 1.41 bits per heavy atom. The Kier molecular flexibility index (Phi) is 6.62. The Balaban J connectivity index is 1.75. The summed E-state index contributed by atoms with van der Waals surface area (Å²) in [5.74, 6) is 0.225. The summed E-state index contributed by atoms with van der Waals surface area (Å²) in [6, 6.07) is 9.12. The van der Waals surface area contributed by atoms with Gasteiger partial charge < -0.3 is 5.32 Å². The van der Waals surface area contributed by atoms with Crippen LogP contribution in [0.25, 0.3) is 0 Å². The Morgan fingerprint density at radius 2 is 2.14 bits per heavy atom. The summed E-state index contributed by atoms with van der Waals surface area (Å²) < 4.78 is 0. The van der Waals surface area contributed by atoms with Crippen molar-refractivity contribution < 1.29 is 4.79 Å². The molecule has 1 amide bonds. The van der Waals surface area contributed by atoms with E-state index >= 15 is 0 Å². The van der Waals surface area contributed by atoms with Gasteiger partial charge in [-0.25, -0.2) is 0 Å². The summed E-state index contributed by atoms with van der Waals surface area (Å²) in [6.45, 7) is 6.87. The first-order chi connectivity index (χ1) is 13.8. The molecule has 7 heteroatoms. The molecule has 2 N–H and O–H groups in total. The first-order valence-electron chi connectivity index (χ1n) is 9.68. The highest BCUT2D eigenvalue weighted by molar-refractivity contribution is 7.80. The number of rotatable bonds is 4. The molecule has 152 valence electrons. The van der Waals surface area contributed by atoms with Crippen molar-refractivity contribution in [3.8, 4) is 6.07 Å². The Labute approximate surface area is 186 Å². The molecule has 1 aliphatic rings. The summed E-state index contributed by atoms with van der Waals surface area (Å²) in [4.78, 5) is 13.7. The molecule has 0 saturated carbocycles. The van der Waals surface area contributed by atoms with Crippen molar-refractivity contribution in [3.63, 3.8) is 0 Å². The molecule has 0 radical (unpaired) electrons. The van der Waals surface area contributed by atoms with Crippen LogP contribution in [-0.2, 0) is 12.8 Å². The normalized spacial score (nSPS) is 15.9. The molecule has 1 aromatic heterocycles. The van der Waals surface area contributed by atoms with E-state index in [4.69, 9.17) is 23.8 Å². The molecule has 0 spiro atoms. The van der Waals surface area contributed by atoms with Gasteiger partial charge in [0.2, 0.25) is 0 Å². The molecule has 0 aliphatic heterocycles. The van der Waals surface area contributed by atoms with E-state index in [-0.39, 0.29) is 16.4 Å². The third kappa shape index (κ3) is 4.63. The lowest BCUT2D eigenvalue weighted by Gasteiger charge is -2.36. The van der Waals surface area contributed by atoms with Gasteiger partial charge in [0.1, 0.15) is 11.1 Å². The Bertz CT molecular complexity index is 990. The number of benzene rings is 1. The van der Waals surface area contributed by atoms with Crippen LogP contribution in [0, 0.1) is 22.7 Å². The van der Waals surface area contributed by atoms with Crippen LogP contribution in [0.15, 0.2) is 24.3 Å². The molecule has 29 heavy (non-hydrogen) atoms. The van der Waals surface area contributed by atoms with Gasteiger partial charge in [-0.1, -0.05) is 50.9 Å². The molecule has 1 aromatic carbocycles. The van der Waals surface area contributed by atoms with E-state index < -0.39 is 0 Å². The molecule has 1 atom stereocenters. The fraction of sp³-hybridized carbons (Fsp3) is 0.409. The molecule has 0 fully saturated rings. The average Bonchev–Trinajstić information content (AvgIpc) is 3.03. The standard InChI is InChI=1S/C22H24ClN3OS2/c1-4-22(2,3)13-9-10-14-16(12-24)20(29-18(14)11-13)26-21(28)25-19(27)15-7-5-6-8-17(15)23/h5-8,13H,4,9-11H2,1-3H3,(H2,25,26,27,28)/t13-/m0/s1. The second-order valence-corrected chi connectivity index (χ2v) is 9.91. The number of carbonyl (C=O) groups is 1. The Hall–Kier alpha value is -1.94. The number of hydrogen-bond donors (Lipinski definition) is 2. The van der Waals surface area contributed by atoms with Crippen molar-refractivity contribution in [2.24, 2.45) is 11.3 Å². The maximum Gasteiger partial charge on any atom is 0.258 e. The minimum absolute atomic E-state index is 0.162. The summed E-state index contributed by atoms with van der Waals surface area (Å²) in [7, 11) is 0. The van der Waals surface area contributed by atoms with Crippen LogP contribution in [0.1, 0.15) is 60.0 Å². The molecular weight excluding hydrogens is 422 g/mol. The largest absolute Gasteiger partial charge is 0.323 e. The number of halogens is 1. The van der Waals surface area contributed by atoms with Crippen molar-refractivity contribution in [1.29, 1.82) is 5.26 Å². The first kappa shape index (κ1) is 21.8. The van der Waals surface area contributed by atoms with Crippen molar-refractivity contribution in [3.05, 3.63) is 50.9 Å². The summed E-state index contributed by atoms with van der Waals surface area (Å²) in [5.41, 5.74) is 2.41. The highest BCUT2D eigenvalue weighted by Gasteiger charge is 2.34. The summed E-state index contributed by atoms with van der Waals surface area (Å²) >= 11 is 13.0. The number of nitrogens with one attached hydrogen (secondary N) is 2. The van der Waals surface area contributed by atoms with Crippen molar-refractivity contribution >= 4 is 51.2 Å². The monoisotopic (exact) mass is 445 g/mol. The third-order valence-electron chi connectivity index (χ3n) is 5.97. The lowest BCUT2D eigenvalue weighted by Crippen LogP contribution is -2.34. The lowest BCUT2D eigenvalue weighted by atomic mass is 9.69.